The molecule has 0 bridgehead atoms. The molecule has 0 aromatic heterocycles. The Morgan fingerprint density at radius 3 is 2.32 bits per heavy atom. The molecule has 1 aromatic carbocycles. The summed E-state index contributed by atoms with van der Waals surface area (Å²) in [5, 5.41) is 0. The Kier molecular flexibility index (Phi) is 6.03. The summed E-state index contributed by atoms with van der Waals surface area (Å²) in [6.07, 6.45) is 9.79. The second-order valence-corrected chi connectivity index (χ2v) is 9.01. The molecule has 4 heteroatoms. The maximum absolute atomic E-state index is 13.3. The number of piperidine rings is 1. The maximum Gasteiger partial charge on any atom is 0.223 e. The van der Waals surface area contributed by atoms with Crippen molar-refractivity contribution in [3.05, 3.63) is 35.9 Å². The van der Waals surface area contributed by atoms with Crippen LogP contribution in [0.4, 0.5) is 0 Å². The molecule has 0 spiro atoms. The summed E-state index contributed by atoms with van der Waals surface area (Å²) in [6, 6.07) is 10.9. The highest BCUT2D eigenvalue weighted by atomic mass is 16.2. The Morgan fingerprint density at radius 1 is 0.893 bits per heavy atom. The predicted octanol–water partition coefficient (Wildman–Crippen LogP) is 4.35. The number of likely N-dealkylation sites (tertiary alicyclic amines) is 2. The molecule has 2 amide bonds. The first kappa shape index (κ1) is 19.5. The number of amides is 2. The minimum atomic E-state index is 0.115. The average molecular weight is 383 g/mol. The van der Waals surface area contributed by atoms with Crippen LogP contribution in [0.3, 0.4) is 0 Å². The number of rotatable bonds is 3. The van der Waals surface area contributed by atoms with Crippen molar-refractivity contribution in [1.82, 2.24) is 9.80 Å². The third kappa shape index (κ3) is 3.97. The van der Waals surface area contributed by atoms with Gasteiger partial charge in [-0.15, -0.1) is 0 Å². The molecular weight excluding hydrogens is 348 g/mol. The molecule has 2 aliphatic heterocycles. The van der Waals surface area contributed by atoms with Crippen LogP contribution in [0.2, 0.25) is 0 Å². The molecule has 3 fully saturated rings. The fourth-order valence-electron chi connectivity index (χ4n) is 5.92. The number of carbonyl (C=O) groups excluding carboxylic acids is 2. The largest absolute Gasteiger partial charge is 0.338 e. The molecule has 3 aliphatic rings. The summed E-state index contributed by atoms with van der Waals surface area (Å²) in [4.78, 5) is 30.1. The molecule has 4 nitrogen and oxygen atoms in total. The second-order valence-electron chi connectivity index (χ2n) is 9.01. The van der Waals surface area contributed by atoms with Crippen molar-refractivity contribution < 1.29 is 9.59 Å². The lowest BCUT2D eigenvalue weighted by Crippen LogP contribution is -2.60. The standard InChI is InChI=1S/C24H34N2O2/c1-18(27)25-15-8-7-13-22-24(25)21(20-11-3-2-4-12-20)14-16-26(22)23(28)17-19-9-5-6-10-19/h2-4,11-12,19,21-22,24H,5-10,13-17H2,1H3/t21-,22-,24-/m1/s1. The van der Waals surface area contributed by atoms with Gasteiger partial charge in [-0.05, 0) is 50.0 Å². The summed E-state index contributed by atoms with van der Waals surface area (Å²) in [5.41, 5.74) is 1.31. The van der Waals surface area contributed by atoms with Gasteiger partial charge in [-0.2, -0.15) is 0 Å². The van der Waals surface area contributed by atoms with Crippen molar-refractivity contribution in [1.29, 1.82) is 0 Å². The van der Waals surface area contributed by atoms with Crippen molar-refractivity contribution in [2.24, 2.45) is 5.92 Å². The van der Waals surface area contributed by atoms with Crippen LogP contribution in [0.25, 0.3) is 0 Å². The van der Waals surface area contributed by atoms with Gasteiger partial charge in [0.2, 0.25) is 11.8 Å². The smallest absolute Gasteiger partial charge is 0.223 e. The van der Waals surface area contributed by atoms with E-state index in [1.165, 1.54) is 31.2 Å². The van der Waals surface area contributed by atoms with Crippen molar-refractivity contribution >= 4 is 11.8 Å². The summed E-state index contributed by atoms with van der Waals surface area (Å²) < 4.78 is 0. The van der Waals surface area contributed by atoms with E-state index < -0.39 is 0 Å². The lowest BCUT2D eigenvalue weighted by molar-refractivity contribution is -0.143. The van der Waals surface area contributed by atoms with Gasteiger partial charge in [-0.3, -0.25) is 9.59 Å². The first-order valence-electron chi connectivity index (χ1n) is 11.3. The highest BCUT2D eigenvalue weighted by Gasteiger charge is 2.45. The normalized spacial score (nSPS) is 28.7. The van der Waals surface area contributed by atoms with Crippen LogP contribution in [-0.4, -0.2) is 46.8 Å². The minimum absolute atomic E-state index is 0.115. The summed E-state index contributed by atoms with van der Waals surface area (Å²) in [6.45, 7) is 3.35. The van der Waals surface area contributed by atoms with E-state index in [0.29, 0.717) is 24.2 Å². The monoisotopic (exact) mass is 382 g/mol. The van der Waals surface area contributed by atoms with Gasteiger partial charge in [-0.1, -0.05) is 43.2 Å². The summed E-state index contributed by atoms with van der Waals surface area (Å²) >= 11 is 0. The van der Waals surface area contributed by atoms with Crippen molar-refractivity contribution in [2.45, 2.75) is 82.7 Å². The number of benzene rings is 1. The van der Waals surface area contributed by atoms with E-state index in [1.807, 2.05) is 0 Å². The molecule has 28 heavy (non-hydrogen) atoms. The van der Waals surface area contributed by atoms with Gasteiger partial charge >= 0.3 is 0 Å². The van der Waals surface area contributed by atoms with Crippen molar-refractivity contribution in [3.63, 3.8) is 0 Å². The third-order valence-electron chi connectivity index (χ3n) is 7.29. The zero-order valence-electron chi connectivity index (χ0n) is 17.2. The van der Waals surface area contributed by atoms with Gasteiger partial charge in [0.05, 0.1) is 12.1 Å². The van der Waals surface area contributed by atoms with E-state index in [2.05, 4.69) is 40.1 Å². The average Bonchev–Trinajstić information content (AvgIpc) is 3.10. The van der Waals surface area contributed by atoms with Crippen LogP contribution in [0.15, 0.2) is 30.3 Å². The van der Waals surface area contributed by atoms with Crippen LogP contribution < -0.4 is 0 Å². The molecular formula is C24H34N2O2. The van der Waals surface area contributed by atoms with E-state index in [9.17, 15) is 9.59 Å². The first-order valence-corrected chi connectivity index (χ1v) is 11.3. The minimum Gasteiger partial charge on any atom is -0.338 e. The number of fused-ring (bicyclic) bond motifs is 1. The quantitative estimate of drug-likeness (QED) is 0.780. The molecule has 4 rings (SSSR count). The Labute approximate surface area is 169 Å². The van der Waals surface area contributed by atoms with E-state index >= 15 is 0 Å². The van der Waals surface area contributed by atoms with Crippen LogP contribution >= 0.6 is 0 Å². The first-order chi connectivity index (χ1) is 13.6. The maximum atomic E-state index is 13.3. The Hall–Kier alpha value is -1.84. The second kappa shape index (κ2) is 8.67. The van der Waals surface area contributed by atoms with E-state index in [1.54, 1.807) is 6.92 Å². The molecule has 152 valence electrons. The van der Waals surface area contributed by atoms with Crippen molar-refractivity contribution in [3.8, 4) is 0 Å². The van der Waals surface area contributed by atoms with Gasteiger partial charge < -0.3 is 9.80 Å². The fraction of sp³-hybridized carbons (Fsp3) is 0.667. The zero-order chi connectivity index (χ0) is 19.5. The number of hydrogen-bond donors (Lipinski definition) is 0. The van der Waals surface area contributed by atoms with Gasteiger partial charge in [0.15, 0.2) is 0 Å². The number of nitrogens with zero attached hydrogens (tertiary/aromatic N) is 2. The highest BCUT2D eigenvalue weighted by Crippen LogP contribution is 2.40. The topological polar surface area (TPSA) is 40.6 Å². The third-order valence-corrected chi connectivity index (χ3v) is 7.29. The Bertz CT molecular complexity index is 683. The van der Waals surface area contributed by atoms with Gasteiger partial charge in [0.1, 0.15) is 0 Å². The number of carbonyl (C=O) groups is 2. The summed E-state index contributed by atoms with van der Waals surface area (Å²) in [5.74, 6) is 1.39. The van der Waals surface area contributed by atoms with Crippen LogP contribution in [0, 0.1) is 5.92 Å². The van der Waals surface area contributed by atoms with E-state index in [-0.39, 0.29) is 18.0 Å². The predicted molar refractivity (Wildman–Crippen MR) is 111 cm³/mol. The van der Waals surface area contributed by atoms with Crippen LogP contribution in [0.5, 0.6) is 0 Å². The van der Waals surface area contributed by atoms with E-state index in [4.69, 9.17) is 0 Å². The highest BCUT2D eigenvalue weighted by molar-refractivity contribution is 5.78. The number of hydrogen-bond acceptors (Lipinski definition) is 2. The van der Waals surface area contributed by atoms with Gasteiger partial charge in [0, 0.05) is 32.4 Å². The van der Waals surface area contributed by atoms with Gasteiger partial charge in [0.25, 0.3) is 0 Å². The molecule has 1 saturated carbocycles. The zero-order valence-corrected chi connectivity index (χ0v) is 17.2. The van der Waals surface area contributed by atoms with Crippen molar-refractivity contribution in [2.75, 3.05) is 13.1 Å². The molecule has 0 unspecified atom stereocenters. The van der Waals surface area contributed by atoms with Gasteiger partial charge in [-0.25, -0.2) is 0 Å². The molecule has 3 atom stereocenters. The molecule has 0 radical (unpaired) electrons. The lowest BCUT2D eigenvalue weighted by Gasteiger charge is -2.49. The van der Waals surface area contributed by atoms with Crippen LogP contribution in [0.1, 0.15) is 76.2 Å². The Balaban J connectivity index is 1.62. The SMILES string of the molecule is CC(=O)N1CCCC[C@@H]2[C@H]1[C@@H](c1ccccc1)CCN2C(=O)CC1CCCC1. The molecule has 1 aliphatic carbocycles. The molecule has 0 N–H and O–H groups in total. The fourth-order valence-corrected chi connectivity index (χ4v) is 5.92. The lowest BCUT2D eigenvalue weighted by atomic mass is 9.78. The molecule has 2 heterocycles. The summed E-state index contributed by atoms with van der Waals surface area (Å²) in [7, 11) is 0. The van der Waals surface area contributed by atoms with E-state index in [0.717, 1.165) is 38.8 Å². The molecule has 1 aromatic rings. The van der Waals surface area contributed by atoms with Crippen LogP contribution in [-0.2, 0) is 9.59 Å². The Morgan fingerprint density at radius 2 is 1.61 bits per heavy atom. The molecule has 2 saturated heterocycles.